The van der Waals surface area contributed by atoms with Crippen LogP contribution in [0.25, 0.3) is 12.2 Å². The zero-order chi connectivity index (χ0) is 17.9. The summed E-state index contributed by atoms with van der Waals surface area (Å²) in [7, 11) is 0. The third kappa shape index (κ3) is 2.41. The minimum absolute atomic E-state index is 0.560. The maximum absolute atomic E-state index is 2.59. The van der Waals surface area contributed by atoms with Crippen molar-refractivity contribution in [1.29, 1.82) is 0 Å². The Balaban J connectivity index is 1.91. The van der Waals surface area contributed by atoms with Gasteiger partial charge in [-0.2, -0.15) is 0 Å². The number of allylic oxidation sites excluding steroid dienone is 2. The molecule has 0 aromatic heterocycles. The minimum atomic E-state index is -2.40. The second-order valence-corrected chi connectivity index (χ2v) is 17.5. The number of hydrogen-bond acceptors (Lipinski definition) is 0. The Kier molecular flexibility index (Phi) is 3.88. The predicted octanol–water partition coefficient (Wildman–Crippen LogP) is 5.55. The molecule has 2 aromatic rings. The molecule has 4 rings (SSSR count). The quantitative estimate of drug-likeness (QED) is 0.591. The Bertz CT molecular complexity index is 852. The molecule has 0 amide bonds. The predicted molar refractivity (Wildman–Crippen MR) is 114 cm³/mol. The van der Waals surface area contributed by atoms with Crippen LogP contribution in [-0.4, -0.2) is 13.3 Å². The first-order chi connectivity index (χ1) is 11.8. The van der Waals surface area contributed by atoms with Gasteiger partial charge in [0.05, 0.1) is 0 Å². The van der Waals surface area contributed by atoms with Crippen molar-refractivity contribution in [1.82, 2.24) is 0 Å². The normalized spacial score (nSPS) is 21.7. The molecule has 2 atom stereocenters. The van der Waals surface area contributed by atoms with E-state index in [0.717, 1.165) is 0 Å². The van der Waals surface area contributed by atoms with Crippen LogP contribution >= 0.6 is 0 Å². The number of rotatable bonds is 2. The monoisotopic (exact) mass is 390 g/mol. The molecule has 0 saturated heterocycles. The molecule has 0 bridgehead atoms. The summed E-state index contributed by atoms with van der Waals surface area (Å²) < 4.78 is 3.34. The molecule has 0 radical (unpaired) electrons. The van der Waals surface area contributed by atoms with E-state index >= 15 is 0 Å². The zero-order valence-electron chi connectivity index (χ0n) is 16.3. The van der Waals surface area contributed by atoms with Crippen LogP contribution in [0, 0.1) is 0 Å². The zero-order valence-corrected chi connectivity index (χ0v) is 18.4. The van der Waals surface area contributed by atoms with Crippen LogP contribution in [-0.2, 0) is 0 Å². The van der Waals surface area contributed by atoms with Crippen LogP contribution in [0.1, 0.15) is 61.8 Å². The van der Waals surface area contributed by atoms with E-state index in [0.29, 0.717) is 11.8 Å². The molecule has 128 valence electrons. The van der Waals surface area contributed by atoms with Crippen molar-refractivity contribution >= 4 is 34.2 Å². The van der Waals surface area contributed by atoms with Crippen molar-refractivity contribution in [3.05, 3.63) is 69.8 Å². The molecule has 0 aliphatic heterocycles. The average molecular weight is 389 g/mol. The Morgan fingerprint density at radius 3 is 1.48 bits per heavy atom. The molecule has 0 spiro atoms. The Labute approximate surface area is 155 Å². The number of hydrogen-bond donors (Lipinski definition) is 0. The fraction of sp³-hybridized carbons (Fsp3) is 0.333. The van der Waals surface area contributed by atoms with E-state index in [-0.39, 0.29) is 0 Å². The number of fused-ring (bicyclic) bond motifs is 2. The van der Waals surface area contributed by atoms with Gasteiger partial charge in [-0.3, -0.25) is 0 Å². The van der Waals surface area contributed by atoms with Gasteiger partial charge in [0.1, 0.15) is 0 Å². The average Bonchev–Trinajstić information content (AvgIpc) is 3.04. The molecule has 0 saturated carbocycles. The Morgan fingerprint density at radius 2 is 1.08 bits per heavy atom. The van der Waals surface area contributed by atoms with E-state index in [2.05, 4.69) is 87.8 Å². The fourth-order valence-electron chi connectivity index (χ4n) is 4.82. The molecule has 0 fully saturated rings. The second kappa shape index (κ2) is 5.74. The summed E-state index contributed by atoms with van der Waals surface area (Å²) in [5.41, 5.74) is 9.14. The molecular formula is C24H28Ge. The molecule has 2 aromatic carbocycles. The van der Waals surface area contributed by atoms with Crippen LogP contribution in [0.2, 0.25) is 11.5 Å². The van der Waals surface area contributed by atoms with Gasteiger partial charge in [0, 0.05) is 0 Å². The topological polar surface area (TPSA) is 0 Å². The van der Waals surface area contributed by atoms with E-state index in [1.165, 1.54) is 22.3 Å². The van der Waals surface area contributed by atoms with Crippen molar-refractivity contribution in [3.8, 4) is 0 Å². The van der Waals surface area contributed by atoms with Crippen molar-refractivity contribution in [2.45, 2.75) is 51.0 Å². The van der Waals surface area contributed by atoms with Crippen molar-refractivity contribution in [2.24, 2.45) is 0 Å². The maximum atomic E-state index is 2.59. The fourth-order valence-corrected chi connectivity index (χ4v) is 11.9. The molecule has 25 heavy (non-hydrogen) atoms. The van der Waals surface area contributed by atoms with Gasteiger partial charge in [-0.25, -0.2) is 0 Å². The summed E-state index contributed by atoms with van der Waals surface area (Å²) in [5.74, 6) is 6.30. The first-order valence-corrected chi connectivity index (χ1v) is 15.7. The summed E-state index contributed by atoms with van der Waals surface area (Å²) in [5, 5.41) is 0. The summed E-state index contributed by atoms with van der Waals surface area (Å²) in [6.07, 6.45) is 4.79. The van der Waals surface area contributed by atoms with Gasteiger partial charge in [-0.05, 0) is 0 Å². The van der Waals surface area contributed by atoms with Gasteiger partial charge in [-0.15, -0.1) is 0 Å². The van der Waals surface area contributed by atoms with E-state index in [1.54, 1.807) is 19.9 Å². The van der Waals surface area contributed by atoms with Crippen LogP contribution in [0.4, 0.5) is 0 Å². The van der Waals surface area contributed by atoms with Gasteiger partial charge in [-0.1, -0.05) is 0 Å². The molecule has 0 N–H and O–H groups in total. The Hall–Kier alpha value is -1.54. The van der Waals surface area contributed by atoms with Crippen molar-refractivity contribution in [2.75, 3.05) is 0 Å². The molecular weight excluding hydrogens is 361 g/mol. The standard InChI is InChI=1S/C24H28Ge/c1-15-13-19-9-7-11-21(23(19)17(15)3)25(5,6)22-12-8-10-20-14-16(2)18(4)24(20)22/h7-14,17-18H,1-6H3. The molecule has 0 heterocycles. The van der Waals surface area contributed by atoms with Gasteiger partial charge in [0.2, 0.25) is 0 Å². The van der Waals surface area contributed by atoms with Crippen LogP contribution in [0.5, 0.6) is 0 Å². The first-order valence-electron chi connectivity index (χ1n) is 9.45. The van der Waals surface area contributed by atoms with E-state index in [1.807, 2.05) is 0 Å². The van der Waals surface area contributed by atoms with Gasteiger partial charge >= 0.3 is 155 Å². The summed E-state index contributed by atoms with van der Waals surface area (Å²) in [6.45, 7) is 9.32. The molecule has 2 aliphatic rings. The van der Waals surface area contributed by atoms with Gasteiger partial charge in [0.25, 0.3) is 0 Å². The van der Waals surface area contributed by atoms with E-state index < -0.39 is 13.3 Å². The number of benzene rings is 2. The van der Waals surface area contributed by atoms with Crippen LogP contribution in [0.3, 0.4) is 0 Å². The molecule has 0 nitrogen and oxygen atoms in total. The van der Waals surface area contributed by atoms with E-state index in [9.17, 15) is 0 Å². The van der Waals surface area contributed by atoms with E-state index in [4.69, 9.17) is 0 Å². The summed E-state index contributed by atoms with van der Waals surface area (Å²) in [4.78, 5) is 0. The summed E-state index contributed by atoms with van der Waals surface area (Å²) >= 11 is -2.40. The van der Waals surface area contributed by atoms with Crippen molar-refractivity contribution < 1.29 is 0 Å². The molecule has 2 unspecified atom stereocenters. The SMILES string of the molecule is CC1=Cc2ccc[c]([Ge]([CH3])([CH3])[c]3cccc4c3C(C)C(C)=C4)c2C1C. The van der Waals surface area contributed by atoms with Crippen LogP contribution in [0.15, 0.2) is 47.5 Å². The second-order valence-electron chi connectivity index (χ2n) is 8.46. The third-order valence-electron chi connectivity index (χ3n) is 6.62. The third-order valence-corrected chi connectivity index (χ3v) is 14.1. The van der Waals surface area contributed by atoms with Gasteiger partial charge in [0.15, 0.2) is 0 Å². The molecule has 1 heteroatoms. The van der Waals surface area contributed by atoms with Crippen molar-refractivity contribution in [3.63, 3.8) is 0 Å². The summed E-state index contributed by atoms with van der Waals surface area (Å²) in [6, 6.07) is 14.0. The molecule has 2 aliphatic carbocycles. The first kappa shape index (κ1) is 16.9. The van der Waals surface area contributed by atoms with Crippen LogP contribution < -0.4 is 8.79 Å². The van der Waals surface area contributed by atoms with Gasteiger partial charge < -0.3 is 0 Å². The Morgan fingerprint density at radius 1 is 0.680 bits per heavy atom.